The first-order valence-corrected chi connectivity index (χ1v) is 9.01. The lowest BCUT2D eigenvalue weighted by Crippen LogP contribution is -2.38. The van der Waals surface area contributed by atoms with Gasteiger partial charge in [0.2, 0.25) is 12.3 Å². The van der Waals surface area contributed by atoms with Crippen LogP contribution < -0.4 is 4.74 Å². The topological polar surface area (TPSA) is 68.5 Å². The number of hydrogen-bond acceptors (Lipinski definition) is 5. The number of nitrogens with zero attached hydrogens (tertiary/aromatic N) is 3. The van der Waals surface area contributed by atoms with E-state index < -0.39 is 0 Å². The molecule has 4 rings (SSSR count). The molecular weight excluding hydrogens is 318 g/mol. The third-order valence-corrected chi connectivity index (χ3v) is 5.44. The number of likely N-dealkylation sites (tertiary alicyclic amines) is 1. The first-order valence-electron chi connectivity index (χ1n) is 9.01. The van der Waals surface area contributed by atoms with Crippen LogP contribution in [0.15, 0.2) is 29.1 Å². The highest BCUT2D eigenvalue weighted by Gasteiger charge is 2.37. The maximum absolute atomic E-state index is 13.4. The van der Waals surface area contributed by atoms with Gasteiger partial charge in [-0.1, -0.05) is 24.1 Å². The molecule has 0 saturated carbocycles. The van der Waals surface area contributed by atoms with Crippen molar-refractivity contribution in [2.75, 3.05) is 13.7 Å². The van der Waals surface area contributed by atoms with Crippen LogP contribution in [0, 0.1) is 0 Å². The van der Waals surface area contributed by atoms with Crippen LogP contribution in [-0.2, 0) is 11.2 Å². The molecule has 1 aromatic carbocycles. The molecule has 2 atom stereocenters. The Hall–Kier alpha value is -2.37. The number of aromatic nitrogens is 2. The van der Waals surface area contributed by atoms with Crippen molar-refractivity contribution in [1.82, 2.24) is 15.0 Å². The molecule has 25 heavy (non-hydrogen) atoms. The number of rotatable bonds is 3. The van der Waals surface area contributed by atoms with Gasteiger partial charge in [0, 0.05) is 6.54 Å². The normalized spacial score (nSPS) is 23.2. The van der Waals surface area contributed by atoms with Crippen molar-refractivity contribution < 1.29 is 14.1 Å². The Balaban J connectivity index is 1.63. The number of benzene rings is 1. The monoisotopic (exact) mass is 341 g/mol. The van der Waals surface area contributed by atoms with E-state index in [1.54, 1.807) is 7.11 Å². The number of methoxy groups -OCH3 is 1. The van der Waals surface area contributed by atoms with Gasteiger partial charge in [-0.3, -0.25) is 4.79 Å². The average molecular weight is 341 g/mol. The Kier molecular flexibility index (Phi) is 4.42. The van der Waals surface area contributed by atoms with Gasteiger partial charge in [0.15, 0.2) is 5.82 Å². The molecule has 0 bridgehead atoms. The van der Waals surface area contributed by atoms with E-state index in [1.807, 2.05) is 17.0 Å². The van der Waals surface area contributed by atoms with Gasteiger partial charge in [0.05, 0.1) is 19.1 Å². The highest BCUT2D eigenvalue weighted by atomic mass is 16.5. The van der Waals surface area contributed by atoms with E-state index in [-0.39, 0.29) is 17.9 Å². The molecule has 6 nitrogen and oxygen atoms in total. The third kappa shape index (κ3) is 3.01. The minimum atomic E-state index is -0.0994. The smallest absolute Gasteiger partial charge is 0.230 e. The van der Waals surface area contributed by atoms with Gasteiger partial charge < -0.3 is 14.2 Å². The van der Waals surface area contributed by atoms with Crippen LogP contribution in [0.3, 0.4) is 0 Å². The zero-order valence-electron chi connectivity index (χ0n) is 14.5. The fraction of sp³-hybridized carbons (Fsp3) is 0.526. The molecule has 6 heteroatoms. The summed E-state index contributed by atoms with van der Waals surface area (Å²) in [6.45, 7) is 0.758. The SMILES string of the molecule is COc1ccc2c(c1)[C@@H](C(=O)N1CCCCC[C@H]1c1ncon1)CC2. The number of carbonyl (C=O) groups excluding carboxylic acids is 1. The summed E-state index contributed by atoms with van der Waals surface area (Å²) in [6.07, 6.45) is 7.28. The average Bonchev–Trinajstić information content (AvgIpc) is 3.25. The second kappa shape index (κ2) is 6.86. The Morgan fingerprint density at radius 1 is 1.28 bits per heavy atom. The molecule has 0 spiro atoms. The lowest BCUT2D eigenvalue weighted by atomic mass is 9.98. The van der Waals surface area contributed by atoms with E-state index in [1.165, 1.54) is 12.0 Å². The standard InChI is InChI=1S/C19H23N3O3/c1-24-14-8-6-13-7-9-15(16(13)11-14)19(23)22-10-4-2-3-5-17(22)18-20-12-25-21-18/h6,8,11-12,15,17H,2-5,7,9-10H2,1H3/t15-,17-/m0/s1. The fourth-order valence-corrected chi connectivity index (χ4v) is 4.13. The van der Waals surface area contributed by atoms with Gasteiger partial charge in [0.1, 0.15) is 5.75 Å². The van der Waals surface area contributed by atoms with Crippen molar-refractivity contribution in [1.29, 1.82) is 0 Å². The molecule has 132 valence electrons. The van der Waals surface area contributed by atoms with Gasteiger partial charge in [-0.2, -0.15) is 4.98 Å². The summed E-state index contributed by atoms with van der Waals surface area (Å²) in [5.41, 5.74) is 2.37. The molecular formula is C19H23N3O3. The minimum absolute atomic E-state index is 0.0802. The summed E-state index contributed by atoms with van der Waals surface area (Å²) < 4.78 is 10.3. The number of amides is 1. The number of hydrogen-bond donors (Lipinski definition) is 0. The molecule has 1 saturated heterocycles. The van der Waals surface area contributed by atoms with Crippen LogP contribution >= 0.6 is 0 Å². The van der Waals surface area contributed by atoms with E-state index in [0.29, 0.717) is 5.82 Å². The first kappa shape index (κ1) is 16.1. The molecule has 2 heterocycles. The predicted octanol–water partition coefficient (Wildman–Crippen LogP) is 3.25. The Morgan fingerprint density at radius 3 is 3.00 bits per heavy atom. The van der Waals surface area contributed by atoms with Crippen LogP contribution in [0.4, 0.5) is 0 Å². The van der Waals surface area contributed by atoms with Crippen LogP contribution in [0.2, 0.25) is 0 Å². The summed E-state index contributed by atoms with van der Waals surface area (Å²) in [6, 6.07) is 6.00. The maximum atomic E-state index is 13.4. The quantitative estimate of drug-likeness (QED) is 0.857. The number of aryl methyl sites for hydroxylation is 1. The van der Waals surface area contributed by atoms with Crippen LogP contribution in [0.5, 0.6) is 5.75 Å². The molecule has 0 unspecified atom stereocenters. The number of ether oxygens (including phenoxy) is 1. The summed E-state index contributed by atoms with van der Waals surface area (Å²) in [5.74, 6) is 1.52. The van der Waals surface area contributed by atoms with E-state index in [2.05, 4.69) is 16.2 Å². The number of carbonyl (C=O) groups is 1. The van der Waals surface area contributed by atoms with Crippen molar-refractivity contribution in [3.05, 3.63) is 41.5 Å². The van der Waals surface area contributed by atoms with Crippen molar-refractivity contribution in [2.45, 2.75) is 50.5 Å². The van der Waals surface area contributed by atoms with Gasteiger partial charge in [0.25, 0.3) is 0 Å². The Bertz CT molecular complexity index is 744. The lowest BCUT2D eigenvalue weighted by Gasteiger charge is -2.30. The molecule has 0 radical (unpaired) electrons. The van der Waals surface area contributed by atoms with E-state index in [0.717, 1.165) is 56.4 Å². The lowest BCUT2D eigenvalue weighted by molar-refractivity contribution is -0.135. The van der Waals surface area contributed by atoms with Crippen LogP contribution in [0.1, 0.15) is 61.0 Å². The molecule has 1 aromatic heterocycles. The molecule has 0 N–H and O–H groups in total. The molecule has 1 amide bonds. The van der Waals surface area contributed by atoms with Gasteiger partial charge in [-0.15, -0.1) is 0 Å². The number of fused-ring (bicyclic) bond motifs is 1. The van der Waals surface area contributed by atoms with Crippen LogP contribution in [-0.4, -0.2) is 34.6 Å². The summed E-state index contributed by atoms with van der Waals surface area (Å²) >= 11 is 0. The zero-order valence-corrected chi connectivity index (χ0v) is 14.5. The zero-order chi connectivity index (χ0) is 17.2. The molecule has 2 aliphatic rings. The van der Waals surface area contributed by atoms with E-state index >= 15 is 0 Å². The highest BCUT2D eigenvalue weighted by Crippen LogP contribution is 2.39. The van der Waals surface area contributed by atoms with Crippen molar-refractivity contribution >= 4 is 5.91 Å². The molecule has 1 aliphatic heterocycles. The van der Waals surface area contributed by atoms with Crippen molar-refractivity contribution in [3.63, 3.8) is 0 Å². The fourth-order valence-electron chi connectivity index (χ4n) is 4.13. The third-order valence-electron chi connectivity index (χ3n) is 5.44. The summed E-state index contributed by atoms with van der Waals surface area (Å²) in [5, 5.41) is 4.01. The van der Waals surface area contributed by atoms with E-state index in [9.17, 15) is 4.79 Å². The van der Waals surface area contributed by atoms with Crippen LogP contribution in [0.25, 0.3) is 0 Å². The molecule has 2 aromatic rings. The second-order valence-corrected chi connectivity index (χ2v) is 6.84. The predicted molar refractivity (Wildman–Crippen MR) is 91.3 cm³/mol. The Labute approximate surface area is 147 Å². The van der Waals surface area contributed by atoms with E-state index in [4.69, 9.17) is 9.26 Å². The Morgan fingerprint density at radius 2 is 2.20 bits per heavy atom. The summed E-state index contributed by atoms with van der Waals surface area (Å²) in [4.78, 5) is 19.6. The van der Waals surface area contributed by atoms with Gasteiger partial charge in [-0.05, 0) is 48.9 Å². The van der Waals surface area contributed by atoms with Crippen molar-refractivity contribution in [2.24, 2.45) is 0 Å². The first-order chi connectivity index (χ1) is 12.3. The second-order valence-electron chi connectivity index (χ2n) is 6.84. The molecule has 1 fully saturated rings. The molecule has 1 aliphatic carbocycles. The summed E-state index contributed by atoms with van der Waals surface area (Å²) in [7, 11) is 1.66. The highest BCUT2D eigenvalue weighted by molar-refractivity contribution is 5.85. The largest absolute Gasteiger partial charge is 0.497 e. The maximum Gasteiger partial charge on any atom is 0.230 e. The minimum Gasteiger partial charge on any atom is -0.497 e. The van der Waals surface area contributed by atoms with Gasteiger partial charge >= 0.3 is 0 Å². The van der Waals surface area contributed by atoms with Gasteiger partial charge in [-0.25, -0.2) is 0 Å². The van der Waals surface area contributed by atoms with Crippen molar-refractivity contribution in [3.8, 4) is 5.75 Å².